The Morgan fingerprint density at radius 2 is 2.18 bits per heavy atom. The fourth-order valence-electron chi connectivity index (χ4n) is 1.58. The van der Waals surface area contributed by atoms with Crippen LogP contribution < -0.4 is 0 Å². The molecular formula is C12H10O5. The predicted octanol–water partition coefficient (Wildman–Crippen LogP) is 1.85. The molecule has 1 heterocycles. The molecule has 2 aromatic rings. The predicted molar refractivity (Wildman–Crippen MR) is 58.9 cm³/mol. The lowest BCUT2D eigenvalue weighted by atomic mass is 10.1. The number of rotatable bonds is 3. The molecule has 17 heavy (non-hydrogen) atoms. The Labute approximate surface area is 96.6 Å². The fourth-order valence-corrected chi connectivity index (χ4v) is 1.58. The highest BCUT2D eigenvalue weighted by Gasteiger charge is 2.12. The molecule has 0 unspecified atom stereocenters. The van der Waals surface area contributed by atoms with E-state index >= 15 is 0 Å². The number of aromatic carboxylic acids is 1. The van der Waals surface area contributed by atoms with Gasteiger partial charge in [0.05, 0.1) is 25.4 Å². The SMILES string of the molecule is COC(=O)Cc1coc2cc(C(=O)O)ccc12. The Morgan fingerprint density at radius 1 is 1.41 bits per heavy atom. The molecule has 0 spiro atoms. The molecule has 0 bridgehead atoms. The minimum absolute atomic E-state index is 0.107. The van der Waals surface area contributed by atoms with E-state index in [2.05, 4.69) is 4.74 Å². The number of hydrogen-bond donors (Lipinski definition) is 1. The number of carboxylic acid groups (broad SMARTS) is 1. The fraction of sp³-hybridized carbons (Fsp3) is 0.167. The van der Waals surface area contributed by atoms with Crippen LogP contribution in [-0.4, -0.2) is 24.2 Å². The summed E-state index contributed by atoms with van der Waals surface area (Å²) in [6.07, 6.45) is 1.54. The first-order valence-corrected chi connectivity index (χ1v) is 4.92. The van der Waals surface area contributed by atoms with Crippen LogP contribution in [0.15, 0.2) is 28.9 Å². The third kappa shape index (κ3) is 2.13. The van der Waals surface area contributed by atoms with Crippen LogP contribution in [0.2, 0.25) is 0 Å². The van der Waals surface area contributed by atoms with Gasteiger partial charge in [-0.1, -0.05) is 0 Å². The summed E-state index contributed by atoms with van der Waals surface area (Å²) in [5, 5.41) is 9.54. The number of methoxy groups -OCH3 is 1. The summed E-state index contributed by atoms with van der Waals surface area (Å²) in [7, 11) is 1.31. The van der Waals surface area contributed by atoms with Gasteiger partial charge in [-0.05, 0) is 18.2 Å². The van der Waals surface area contributed by atoms with Crippen molar-refractivity contribution in [2.75, 3.05) is 7.11 Å². The molecule has 5 heteroatoms. The van der Waals surface area contributed by atoms with Crippen molar-refractivity contribution in [3.8, 4) is 0 Å². The van der Waals surface area contributed by atoms with Gasteiger partial charge in [-0.3, -0.25) is 4.79 Å². The number of carbonyl (C=O) groups excluding carboxylic acids is 1. The number of ether oxygens (including phenoxy) is 1. The van der Waals surface area contributed by atoms with Gasteiger partial charge in [0.2, 0.25) is 0 Å². The topological polar surface area (TPSA) is 76.7 Å². The number of furan rings is 1. The van der Waals surface area contributed by atoms with Gasteiger partial charge in [0.1, 0.15) is 5.58 Å². The van der Waals surface area contributed by atoms with Crippen molar-refractivity contribution in [2.24, 2.45) is 0 Å². The van der Waals surface area contributed by atoms with E-state index in [1.165, 1.54) is 25.5 Å². The van der Waals surface area contributed by atoms with Crippen LogP contribution in [0.25, 0.3) is 11.0 Å². The Hall–Kier alpha value is -2.30. The lowest BCUT2D eigenvalue weighted by molar-refractivity contribution is -0.139. The van der Waals surface area contributed by atoms with Gasteiger partial charge in [0, 0.05) is 10.9 Å². The van der Waals surface area contributed by atoms with E-state index in [1.54, 1.807) is 6.07 Å². The minimum atomic E-state index is -1.02. The van der Waals surface area contributed by atoms with Gasteiger partial charge in [-0.15, -0.1) is 0 Å². The van der Waals surface area contributed by atoms with Crippen molar-refractivity contribution in [2.45, 2.75) is 6.42 Å². The molecule has 0 radical (unpaired) electrons. The van der Waals surface area contributed by atoms with E-state index in [-0.39, 0.29) is 18.0 Å². The second kappa shape index (κ2) is 4.29. The van der Waals surface area contributed by atoms with Crippen LogP contribution in [0.3, 0.4) is 0 Å². The van der Waals surface area contributed by atoms with Crippen molar-refractivity contribution < 1.29 is 23.8 Å². The zero-order chi connectivity index (χ0) is 12.4. The number of benzene rings is 1. The first-order chi connectivity index (χ1) is 8.11. The molecule has 2 rings (SSSR count). The summed E-state index contributed by atoms with van der Waals surface area (Å²) < 4.78 is 9.77. The third-order valence-electron chi connectivity index (χ3n) is 2.47. The highest BCUT2D eigenvalue weighted by Crippen LogP contribution is 2.23. The summed E-state index contributed by atoms with van der Waals surface area (Å²) in [5.74, 6) is -1.38. The number of carbonyl (C=O) groups is 2. The van der Waals surface area contributed by atoms with Gasteiger partial charge in [-0.25, -0.2) is 4.79 Å². The van der Waals surface area contributed by atoms with Gasteiger partial charge in [-0.2, -0.15) is 0 Å². The van der Waals surface area contributed by atoms with E-state index < -0.39 is 5.97 Å². The van der Waals surface area contributed by atoms with Gasteiger partial charge >= 0.3 is 11.9 Å². The molecule has 0 aliphatic carbocycles. The smallest absolute Gasteiger partial charge is 0.335 e. The Balaban J connectivity index is 2.41. The first-order valence-electron chi connectivity index (χ1n) is 4.92. The molecule has 0 aliphatic rings. The van der Waals surface area contributed by atoms with Crippen LogP contribution in [0.4, 0.5) is 0 Å². The summed E-state index contributed by atoms with van der Waals surface area (Å²) >= 11 is 0. The second-order valence-electron chi connectivity index (χ2n) is 3.53. The zero-order valence-corrected chi connectivity index (χ0v) is 9.10. The maximum absolute atomic E-state index is 11.1. The largest absolute Gasteiger partial charge is 0.478 e. The van der Waals surface area contributed by atoms with E-state index in [4.69, 9.17) is 9.52 Å². The molecule has 1 aromatic carbocycles. The second-order valence-corrected chi connectivity index (χ2v) is 3.53. The molecule has 0 fully saturated rings. The van der Waals surface area contributed by atoms with Crippen molar-refractivity contribution in [1.82, 2.24) is 0 Å². The van der Waals surface area contributed by atoms with Crippen molar-refractivity contribution in [3.05, 3.63) is 35.6 Å². The zero-order valence-electron chi connectivity index (χ0n) is 9.10. The van der Waals surface area contributed by atoms with E-state index in [0.717, 1.165) is 5.39 Å². The van der Waals surface area contributed by atoms with Gasteiger partial charge in [0.25, 0.3) is 0 Å². The van der Waals surface area contributed by atoms with E-state index in [1.807, 2.05) is 0 Å². The minimum Gasteiger partial charge on any atom is -0.478 e. The average molecular weight is 234 g/mol. The van der Waals surface area contributed by atoms with Crippen LogP contribution >= 0.6 is 0 Å². The molecule has 0 aliphatic heterocycles. The van der Waals surface area contributed by atoms with Crippen LogP contribution in [0.1, 0.15) is 15.9 Å². The molecule has 0 atom stereocenters. The molecule has 0 saturated carbocycles. The molecule has 1 N–H and O–H groups in total. The summed E-state index contributed by atoms with van der Waals surface area (Å²) in [4.78, 5) is 21.9. The maximum atomic E-state index is 11.1. The van der Waals surface area contributed by atoms with E-state index in [0.29, 0.717) is 11.1 Å². The molecule has 1 aromatic heterocycles. The summed E-state index contributed by atoms with van der Waals surface area (Å²) in [5.41, 5.74) is 1.28. The van der Waals surface area contributed by atoms with Crippen molar-refractivity contribution in [1.29, 1.82) is 0 Å². The van der Waals surface area contributed by atoms with Gasteiger partial charge < -0.3 is 14.3 Å². The lowest BCUT2D eigenvalue weighted by Crippen LogP contribution is -2.03. The Kier molecular flexibility index (Phi) is 2.82. The Bertz CT molecular complexity index is 582. The maximum Gasteiger partial charge on any atom is 0.335 e. The highest BCUT2D eigenvalue weighted by atomic mass is 16.5. The van der Waals surface area contributed by atoms with E-state index in [9.17, 15) is 9.59 Å². The lowest BCUT2D eigenvalue weighted by Gasteiger charge is -1.97. The molecule has 5 nitrogen and oxygen atoms in total. The molecule has 88 valence electrons. The average Bonchev–Trinajstić information content (AvgIpc) is 2.71. The monoisotopic (exact) mass is 234 g/mol. The number of fused-ring (bicyclic) bond motifs is 1. The third-order valence-corrected chi connectivity index (χ3v) is 2.47. The van der Waals surface area contributed by atoms with Crippen LogP contribution in [0, 0.1) is 0 Å². The van der Waals surface area contributed by atoms with Crippen molar-refractivity contribution >= 4 is 22.9 Å². The van der Waals surface area contributed by atoms with Crippen LogP contribution in [-0.2, 0) is 16.0 Å². The summed E-state index contributed by atoms with van der Waals surface area (Å²) in [6, 6.07) is 4.53. The standard InChI is InChI=1S/C12H10O5/c1-16-11(13)5-8-6-17-10-4-7(12(14)15)2-3-9(8)10/h2-4,6H,5H2,1H3,(H,14,15). The van der Waals surface area contributed by atoms with Gasteiger partial charge in [0.15, 0.2) is 0 Å². The molecule has 0 saturated heterocycles. The molecule has 0 amide bonds. The normalized spacial score (nSPS) is 10.4. The van der Waals surface area contributed by atoms with Crippen molar-refractivity contribution in [3.63, 3.8) is 0 Å². The van der Waals surface area contributed by atoms with Crippen LogP contribution in [0.5, 0.6) is 0 Å². The number of carboxylic acids is 1. The highest BCUT2D eigenvalue weighted by molar-refractivity contribution is 5.94. The Morgan fingerprint density at radius 3 is 2.82 bits per heavy atom. The number of esters is 1. The quantitative estimate of drug-likeness (QED) is 0.820. The molecular weight excluding hydrogens is 224 g/mol. The number of hydrogen-bond acceptors (Lipinski definition) is 4. The summed E-state index contributed by atoms with van der Waals surface area (Å²) in [6.45, 7) is 0. The first kappa shape index (κ1) is 11.2.